The van der Waals surface area contributed by atoms with E-state index in [4.69, 9.17) is 0 Å². The fourth-order valence-corrected chi connectivity index (χ4v) is 3.81. The van der Waals surface area contributed by atoms with Crippen LogP contribution in [-0.4, -0.2) is 36.4 Å². The van der Waals surface area contributed by atoms with Crippen molar-refractivity contribution >= 4 is 34.3 Å². The van der Waals surface area contributed by atoms with Crippen molar-refractivity contribution in [2.45, 2.75) is 63.5 Å². The minimum absolute atomic E-state index is 0.0460. The number of para-hydroxylation sites is 1. The van der Waals surface area contributed by atoms with Gasteiger partial charge in [-0.05, 0) is 39.3 Å². The zero-order valence-corrected chi connectivity index (χ0v) is 16.9. The molecule has 1 amide bonds. The van der Waals surface area contributed by atoms with Crippen molar-refractivity contribution in [1.82, 2.24) is 24.5 Å². The number of nitrogens with one attached hydrogen (secondary N) is 1. The van der Waals surface area contributed by atoms with Crippen LogP contribution < -0.4 is 10.9 Å². The first-order chi connectivity index (χ1) is 12.9. The molecule has 0 saturated heterocycles. The Morgan fingerprint density at radius 2 is 1.96 bits per heavy atom. The molecule has 0 aliphatic heterocycles. The van der Waals surface area contributed by atoms with E-state index in [1.54, 1.807) is 4.57 Å². The molecule has 27 heavy (non-hydrogen) atoms. The number of hydrogen-bond donors (Lipinski definition) is 1. The fourth-order valence-electron chi connectivity index (χ4n) is 2.94. The lowest BCUT2D eigenvalue weighted by Gasteiger charge is -2.14. The van der Waals surface area contributed by atoms with E-state index in [0.29, 0.717) is 22.9 Å². The molecule has 8 heteroatoms. The molecule has 1 aromatic carbocycles. The smallest absolute Gasteiger partial charge is 0.262 e. The maximum Gasteiger partial charge on any atom is 0.262 e. The summed E-state index contributed by atoms with van der Waals surface area (Å²) < 4.78 is 3.57. The van der Waals surface area contributed by atoms with E-state index < -0.39 is 0 Å². The molecule has 3 rings (SSSR count). The number of carbonyl (C=O) groups is 1. The van der Waals surface area contributed by atoms with Crippen molar-refractivity contribution in [2.75, 3.05) is 0 Å². The van der Waals surface area contributed by atoms with E-state index >= 15 is 0 Å². The number of unbranched alkanes of at least 4 members (excludes halogenated alkanes) is 1. The lowest BCUT2D eigenvalue weighted by molar-refractivity contribution is -0.120. The monoisotopic (exact) mass is 387 g/mol. The summed E-state index contributed by atoms with van der Waals surface area (Å²) in [5, 5.41) is 12.4. The van der Waals surface area contributed by atoms with Crippen molar-refractivity contribution in [1.29, 1.82) is 0 Å². The zero-order valence-electron chi connectivity index (χ0n) is 16.1. The van der Waals surface area contributed by atoms with E-state index in [2.05, 4.69) is 22.4 Å². The molecule has 1 N–H and O–H groups in total. The lowest BCUT2D eigenvalue weighted by atomic mass is 10.2. The van der Waals surface area contributed by atoms with E-state index in [0.717, 1.165) is 18.4 Å². The highest BCUT2D eigenvalue weighted by molar-refractivity contribution is 8.00. The van der Waals surface area contributed by atoms with Crippen molar-refractivity contribution in [3.63, 3.8) is 0 Å². The van der Waals surface area contributed by atoms with Crippen LogP contribution in [0.1, 0.15) is 40.5 Å². The number of thioether (sulfide) groups is 1. The van der Waals surface area contributed by atoms with Crippen LogP contribution >= 0.6 is 11.8 Å². The Morgan fingerprint density at radius 1 is 1.22 bits per heavy atom. The zero-order chi connectivity index (χ0) is 19.6. The van der Waals surface area contributed by atoms with Gasteiger partial charge in [-0.1, -0.05) is 37.2 Å². The standard InChI is InChI=1S/C19H25N5O2S/c1-5-6-11-23-17(26)14-9-7-8-10-15(14)24-18(23)21-22-19(24)27-13(4)16(25)20-12(2)3/h7-10,12-13H,5-6,11H2,1-4H3,(H,20,25)/t13-/m1/s1. The number of fused-ring (bicyclic) bond motifs is 3. The minimum atomic E-state index is -0.324. The molecular formula is C19H25N5O2S. The highest BCUT2D eigenvalue weighted by Crippen LogP contribution is 2.25. The average Bonchev–Trinajstić information content (AvgIpc) is 3.04. The lowest BCUT2D eigenvalue weighted by Crippen LogP contribution is -2.36. The third-order valence-electron chi connectivity index (χ3n) is 4.30. The van der Waals surface area contributed by atoms with Crippen LogP contribution in [0.3, 0.4) is 0 Å². The maximum absolute atomic E-state index is 12.9. The van der Waals surface area contributed by atoms with Gasteiger partial charge in [0.25, 0.3) is 5.56 Å². The first kappa shape index (κ1) is 19.4. The first-order valence-corrected chi connectivity index (χ1v) is 10.2. The second-order valence-corrected chi connectivity index (χ2v) is 8.18. The summed E-state index contributed by atoms with van der Waals surface area (Å²) in [6.45, 7) is 8.39. The molecule has 0 saturated carbocycles. The highest BCUT2D eigenvalue weighted by atomic mass is 32.2. The van der Waals surface area contributed by atoms with Gasteiger partial charge < -0.3 is 5.32 Å². The van der Waals surface area contributed by atoms with Gasteiger partial charge >= 0.3 is 0 Å². The van der Waals surface area contributed by atoms with Gasteiger partial charge in [0.1, 0.15) is 0 Å². The molecule has 0 bridgehead atoms. The topological polar surface area (TPSA) is 81.3 Å². The predicted octanol–water partition coefficient (Wildman–Crippen LogP) is 2.85. The molecule has 2 heterocycles. The molecule has 144 valence electrons. The Bertz CT molecular complexity index is 1020. The number of amides is 1. The normalized spacial score (nSPS) is 12.8. The molecule has 7 nitrogen and oxygen atoms in total. The summed E-state index contributed by atoms with van der Waals surface area (Å²) in [6.07, 6.45) is 1.87. The molecule has 2 aromatic heterocycles. The summed E-state index contributed by atoms with van der Waals surface area (Å²) >= 11 is 1.34. The molecule has 0 aliphatic rings. The summed E-state index contributed by atoms with van der Waals surface area (Å²) in [7, 11) is 0. The molecule has 3 aromatic rings. The van der Waals surface area contributed by atoms with Crippen LogP contribution in [0.2, 0.25) is 0 Å². The molecule has 0 aliphatic carbocycles. The van der Waals surface area contributed by atoms with Crippen LogP contribution in [0.15, 0.2) is 34.2 Å². The van der Waals surface area contributed by atoms with Crippen LogP contribution in [0.4, 0.5) is 0 Å². The van der Waals surface area contributed by atoms with Gasteiger partial charge in [0, 0.05) is 12.6 Å². The van der Waals surface area contributed by atoms with Gasteiger partial charge in [0.05, 0.1) is 16.2 Å². The fraction of sp³-hybridized carbons (Fsp3) is 0.474. The van der Waals surface area contributed by atoms with Crippen LogP contribution in [0.5, 0.6) is 0 Å². The van der Waals surface area contributed by atoms with Gasteiger partial charge in [-0.15, -0.1) is 10.2 Å². The molecule has 0 fully saturated rings. The molecule has 0 unspecified atom stereocenters. The quantitative estimate of drug-likeness (QED) is 0.631. The Morgan fingerprint density at radius 3 is 2.67 bits per heavy atom. The maximum atomic E-state index is 12.9. The van der Waals surface area contributed by atoms with Gasteiger partial charge in [0.15, 0.2) is 5.16 Å². The minimum Gasteiger partial charge on any atom is -0.353 e. The molecule has 0 spiro atoms. The van der Waals surface area contributed by atoms with E-state index in [1.807, 2.05) is 49.4 Å². The second-order valence-electron chi connectivity index (χ2n) is 6.87. The van der Waals surface area contributed by atoms with E-state index in [1.165, 1.54) is 11.8 Å². The Hall–Kier alpha value is -2.35. The second kappa shape index (κ2) is 8.12. The van der Waals surface area contributed by atoms with Gasteiger partial charge in [0.2, 0.25) is 11.7 Å². The molecular weight excluding hydrogens is 362 g/mol. The van der Waals surface area contributed by atoms with Gasteiger partial charge in [-0.25, -0.2) is 0 Å². The summed E-state index contributed by atoms with van der Waals surface area (Å²) in [5.41, 5.74) is 0.704. The summed E-state index contributed by atoms with van der Waals surface area (Å²) in [6, 6.07) is 7.54. The molecule has 1 atom stereocenters. The Balaban J connectivity index is 2.12. The van der Waals surface area contributed by atoms with E-state index in [9.17, 15) is 9.59 Å². The number of aryl methyl sites for hydroxylation is 1. The van der Waals surface area contributed by atoms with Crippen LogP contribution in [0, 0.1) is 0 Å². The highest BCUT2D eigenvalue weighted by Gasteiger charge is 2.21. The van der Waals surface area contributed by atoms with Crippen molar-refractivity contribution < 1.29 is 4.79 Å². The van der Waals surface area contributed by atoms with Crippen LogP contribution in [0.25, 0.3) is 16.7 Å². The van der Waals surface area contributed by atoms with Crippen molar-refractivity contribution in [3.05, 3.63) is 34.6 Å². The number of carbonyl (C=O) groups excluding carboxylic acids is 1. The number of nitrogens with zero attached hydrogens (tertiary/aromatic N) is 4. The third kappa shape index (κ3) is 3.85. The Kier molecular flexibility index (Phi) is 5.84. The predicted molar refractivity (Wildman–Crippen MR) is 108 cm³/mol. The SMILES string of the molecule is CCCCn1c(=O)c2ccccc2n2c(S[C@H](C)C(=O)NC(C)C)nnc12. The van der Waals surface area contributed by atoms with Gasteiger partial charge in [-0.3, -0.25) is 18.6 Å². The number of hydrogen-bond acceptors (Lipinski definition) is 5. The average molecular weight is 388 g/mol. The summed E-state index contributed by atoms with van der Waals surface area (Å²) in [4.78, 5) is 25.2. The Labute approximate surface area is 162 Å². The largest absolute Gasteiger partial charge is 0.353 e. The number of benzene rings is 1. The number of rotatable bonds is 7. The van der Waals surface area contributed by atoms with Gasteiger partial charge in [-0.2, -0.15) is 0 Å². The molecule has 0 radical (unpaired) electrons. The summed E-state index contributed by atoms with van der Waals surface area (Å²) in [5.74, 6) is 0.474. The van der Waals surface area contributed by atoms with Crippen molar-refractivity contribution in [3.8, 4) is 0 Å². The van der Waals surface area contributed by atoms with E-state index in [-0.39, 0.29) is 22.8 Å². The first-order valence-electron chi connectivity index (χ1n) is 9.27. The van der Waals surface area contributed by atoms with Crippen LogP contribution in [-0.2, 0) is 11.3 Å². The van der Waals surface area contributed by atoms with Crippen molar-refractivity contribution in [2.24, 2.45) is 0 Å². The number of aromatic nitrogens is 4. The third-order valence-corrected chi connectivity index (χ3v) is 5.34.